The number of guanidine groups is 1. The molecular formula is C9H12N8. The Morgan fingerprint density at radius 2 is 1.71 bits per heavy atom. The van der Waals surface area contributed by atoms with Crippen LogP contribution in [0.5, 0.6) is 0 Å². The number of pyridine rings is 1. The molecule has 8 nitrogen and oxygen atoms in total. The van der Waals surface area contributed by atoms with Gasteiger partial charge in [-0.05, 0) is 6.07 Å². The molecule has 1 aromatic heterocycles. The molecular weight excluding hydrogens is 220 g/mol. The summed E-state index contributed by atoms with van der Waals surface area (Å²) in [4.78, 5) is 3.98. The largest absolute Gasteiger partial charge is 0.388 e. The molecule has 88 valence electrons. The topological polar surface area (TPSA) is 140 Å². The van der Waals surface area contributed by atoms with E-state index in [-0.39, 0.29) is 5.96 Å². The Hall–Kier alpha value is -2.77. The molecule has 0 bridgehead atoms. The van der Waals surface area contributed by atoms with E-state index in [9.17, 15) is 0 Å². The van der Waals surface area contributed by atoms with Gasteiger partial charge in [-0.15, -0.1) is 10.2 Å². The van der Waals surface area contributed by atoms with Gasteiger partial charge in [-0.1, -0.05) is 0 Å². The van der Waals surface area contributed by atoms with Crippen molar-refractivity contribution < 1.29 is 0 Å². The number of aromatic nitrogens is 1. The normalized spacial score (nSPS) is 11.5. The molecule has 6 N–H and O–H groups in total. The molecule has 0 aliphatic heterocycles. The molecule has 0 amide bonds. The Morgan fingerprint density at radius 1 is 1.06 bits per heavy atom. The predicted octanol–water partition coefficient (Wildman–Crippen LogP) is -0.990. The first kappa shape index (κ1) is 12.3. The zero-order chi connectivity index (χ0) is 12.5. The Balaban J connectivity index is 2.79. The van der Waals surface area contributed by atoms with Crippen molar-refractivity contribution in [1.29, 1.82) is 0 Å². The van der Waals surface area contributed by atoms with Crippen molar-refractivity contribution >= 4 is 24.7 Å². The van der Waals surface area contributed by atoms with E-state index >= 15 is 0 Å². The maximum absolute atomic E-state index is 5.12. The fourth-order valence-corrected chi connectivity index (χ4v) is 0.918. The van der Waals surface area contributed by atoms with E-state index in [1.165, 1.54) is 12.4 Å². The van der Waals surface area contributed by atoms with Gasteiger partial charge in [0.15, 0.2) is 0 Å². The van der Waals surface area contributed by atoms with Crippen molar-refractivity contribution in [3.63, 3.8) is 0 Å². The summed E-state index contributed by atoms with van der Waals surface area (Å²) < 4.78 is 0. The zero-order valence-corrected chi connectivity index (χ0v) is 8.93. The van der Waals surface area contributed by atoms with Crippen LogP contribution in [0.3, 0.4) is 0 Å². The molecule has 0 fully saturated rings. The van der Waals surface area contributed by atoms with Gasteiger partial charge in [-0.25, -0.2) is 0 Å². The van der Waals surface area contributed by atoms with Crippen LogP contribution < -0.4 is 17.2 Å². The Labute approximate surface area is 97.7 Å². The molecule has 0 saturated carbocycles. The second-order valence-electron chi connectivity index (χ2n) is 2.83. The van der Waals surface area contributed by atoms with Crippen LogP contribution in [0, 0.1) is 0 Å². The van der Waals surface area contributed by atoms with Gasteiger partial charge in [0.1, 0.15) is 6.34 Å². The molecule has 0 spiro atoms. The summed E-state index contributed by atoms with van der Waals surface area (Å²) in [7, 11) is 0. The van der Waals surface area contributed by atoms with Gasteiger partial charge >= 0.3 is 0 Å². The van der Waals surface area contributed by atoms with E-state index in [0.717, 1.165) is 17.5 Å². The second-order valence-corrected chi connectivity index (χ2v) is 2.83. The van der Waals surface area contributed by atoms with Gasteiger partial charge in [-0.3, -0.25) is 4.98 Å². The van der Waals surface area contributed by atoms with Gasteiger partial charge in [0.05, 0.1) is 12.4 Å². The van der Waals surface area contributed by atoms with Crippen molar-refractivity contribution in [2.75, 3.05) is 0 Å². The van der Waals surface area contributed by atoms with Gasteiger partial charge in [0, 0.05) is 23.5 Å². The predicted molar refractivity (Wildman–Crippen MR) is 67.9 cm³/mol. The van der Waals surface area contributed by atoms with Crippen LogP contribution in [0.2, 0.25) is 0 Å². The minimum absolute atomic E-state index is 0.107. The smallest absolute Gasteiger partial charge is 0.211 e. The van der Waals surface area contributed by atoms with Crippen LogP contribution in [0.15, 0.2) is 38.9 Å². The maximum Gasteiger partial charge on any atom is 0.211 e. The minimum atomic E-state index is -0.107. The molecule has 0 aliphatic rings. The Kier molecular flexibility index (Phi) is 4.82. The molecule has 1 heterocycles. The minimum Gasteiger partial charge on any atom is -0.388 e. The van der Waals surface area contributed by atoms with Gasteiger partial charge in [0.2, 0.25) is 5.96 Å². The third-order valence-electron chi connectivity index (χ3n) is 1.50. The van der Waals surface area contributed by atoms with E-state index in [0.29, 0.717) is 0 Å². The summed E-state index contributed by atoms with van der Waals surface area (Å²) in [6.45, 7) is 0. The maximum atomic E-state index is 5.12. The fourth-order valence-electron chi connectivity index (χ4n) is 0.918. The van der Waals surface area contributed by atoms with Gasteiger partial charge in [0.25, 0.3) is 0 Å². The average Bonchev–Trinajstić information content (AvgIpc) is 2.29. The molecule has 17 heavy (non-hydrogen) atoms. The second kappa shape index (κ2) is 6.67. The van der Waals surface area contributed by atoms with Crippen LogP contribution in [0.1, 0.15) is 11.1 Å². The first-order chi connectivity index (χ1) is 8.22. The standard InChI is InChI=1S/C9H12N8/c10-6-16-14-4-7-1-8(3-13-2-7)5-15-17-9(11)12/h1-6H,(H2,10,16)(H4,11,12,17)/b14-4+,15-5+. The van der Waals surface area contributed by atoms with Crippen LogP contribution in [0.25, 0.3) is 0 Å². The first-order valence-electron chi connectivity index (χ1n) is 4.56. The number of nitrogens with zero attached hydrogens (tertiary/aromatic N) is 5. The molecule has 1 rings (SSSR count). The highest BCUT2D eigenvalue weighted by atomic mass is 15.3. The Bertz CT molecular complexity index is 470. The SMILES string of the molecule is NC=N/N=C/c1cncc(/C=N/N=C(N)N)c1. The summed E-state index contributed by atoms with van der Waals surface area (Å²) in [5, 5.41) is 14.3. The van der Waals surface area contributed by atoms with Crippen molar-refractivity contribution in [2.24, 2.45) is 37.6 Å². The third kappa shape index (κ3) is 5.02. The van der Waals surface area contributed by atoms with Crippen molar-refractivity contribution in [1.82, 2.24) is 4.98 Å². The molecule has 0 saturated heterocycles. The van der Waals surface area contributed by atoms with E-state index < -0.39 is 0 Å². The first-order valence-corrected chi connectivity index (χ1v) is 4.56. The van der Waals surface area contributed by atoms with E-state index in [1.54, 1.807) is 18.5 Å². The summed E-state index contributed by atoms with van der Waals surface area (Å²) in [6, 6.07) is 1.79. The number of hydrogen-bond acceptors (Lipinski definition) is 5. The third-order valence-corrected chi connectivity index (χ3v) is 1.50. The number of nitrogens with two attached hydrogens (primary N) is 3. The van der Waals surface area contributed by atoms with Crippen LogP contribution >= 0.6 is 0 Å². The molecule has 0 aromatic carbocycles. The highest BCUT2D eigenvalue weighted by molar-refractivity contribution is 5.86. The fraction of sp³-hybridized carbons (Fsp3) is 0. The Morgan fingerprint density at radius 3 is 2.29 bits per heavy atom. The van der Waals surface area contributed by atoms with Crippen LogP contribution in [-0.4, -0.2) is 29.7 Å². The van der Waals surface area contributed by atoms with Crippen molar-refractivity contribution in [3.05, 3.63) is 29.6 Å². The summed E-state index contributed by atoms with van der Waals surface area (Å²) >= 11 is 0. The van der Waals surface area contributed by atoms with Crippen molar-refractivity contribution in [2.45, 2.75) is 0 Å². The lowest BCUT2D eigenvalue weighted by molar-refractivity contribution is 1.21. The number of rotatable bonds is 4. The van der Waals surface area contributed by atoms with E-state index in [1.807, 2.05) is 0 Å². The lowest BCUT2D eigenvalue weighted by Crippen LogP contribution is -2.21. The van der Waals surface area contributed by atoms with E-state index in [2.05, 4.69) is 25.4 Å². The van der Waals surface area contributed by atoms with Crippen LogP contribution in [0.4, 0.5) is 0 Å². The zero-order valence-electron chi connectivity index (χ0n) is 8.93. The lowest BCUT2D eigenvalue weighted by Gasteiger charge is -1.93. The highest BCUT2D eigenvalue weighted by Crippen LogP contribution is 1.98. The van der Waals surface area contributed by atoms with Crippen LogP contribution in [-0.2, 0) is 0 Å². The average molecular weight is 232 g/mol. The molecule has 0 unspecified atom stereocenters. The molecule has 1 aromatic rings. The summed E-state index contributed by atoms with van der Waals surface area (Å²) in [5.41, 5.74) is 16.8. The quantitative estimate of drug-likeness (QED) is 0.348. The van der Waals surface area contributed by atoms with Crippen molar-refractivity contribution in [3.8, 4) is 0 Å². The lowest BCUT2D eigenvalue weighted by atomic mass is 10.2. The van der Waals surface area contributed by atoms with Gasteiger partial charge < -0.3 is 17.2 Å². The van der Waals surface area contributed by atoms with Gasteiger partial charge in [-0.2, -0.15) is 10.2 Å². The summed E-state index contributed by atoms with van der Waals surface area (Å²) in [5.74, 6) is -0.107. The monoisotopic (exact) mass is 232 g/mol. The molecule has 0 aliphatic carbocycles. The van der Waals surface area contributed by atoms with E-state index in [4.69, 9.17) is 17.2 Å². The molecule has 0 atom stereocenters. The highest BCUT2D eigenvalue weighted by Gasteiger charge is 1.91. The number of hydrogen-bond donors (Lipinski definition) is 3. The molecule has 8 heteroatoms. The summed E-state index contributed by atoms with van der Waals surface area (Å²) in [6.07, 6.45) is 7.29. The molecule has 0 radical (unpaired) electrons.